The molecule has 0 radical (unpaired) electrons. The molecule has 0 aliphatic heterocycles. The number of anilines is 1. The van der Waals surface area contributed by atoms with Crippen molar-refractivity contribution in [3.05, 3.63) is 54.6 Å². The minimum Gasteiger partial charge on any atom is -0.457 e. The number of ether oxygens (including phenoxy) is 1. The van der Waals surface area contributed by atoms with E-state index >= 15 is 0 Å². The summed E-state index contributed by atoms with van der Waals surface area (Å²) in [7, 11) is 0. The molecule has 0 amide bonds. The van der Waals surface area contributed by atoms with Crippen LogP contribution < -0.4 is 10.1 Å². The van der Waals surface area contributed by atoms with Gasteiger partial charge in [-0.25, -0.2) is 0 Å². The number of nitrogens with one attached hydrogen (secondary N) is 1. The number of hydrogen-bond acceptors (Lipinski definition) is 2. The highest BCUT2D eigenvalue weighted by molar-refractivity contribution is 5.49. The van der Waals surface area contributed by atoms with Crippen molar-refractivity contribution in [1.82, 2.24) is 0 Å². The Kier molecular flexibility index (Phi) is 4.10. The van der Waals surface area contributed by atoms with Crippen molar-refractivity contribution in [2.45, 2.75) is 20.8 Å². The van der Waals surface area contributed by atoms with Crippen LogP contribution in [0.5, 0.6) is 11.5 Å². The summed E-state index contributed by atoms with van der Waals surface area (Å²) in [6, 6.07) is 17.9. The number of hydrogen-bond donors (Lipinski definition) is 1. The summed E-state index contributed by atoms with van der Waals surface area (Å²) < 4.78 is 5.81. The Labute approximate surface area is 115 Å². The second-order valence-electron chi connectivity index (χ2n) is 5.86. The lowest BCUT2D eigenvalue weighted by molar-refractivity contribution is 0.442. The average Bonchev–Trinajstić information content (AvgIpc) is 2.37. The van der Waals surface area contributed by atoms with Gasteiger partial charge >= 0.3 is 0 Å². The maximum atomic E-state index is 5.81. The molecule has 2 aromatic carbocycles. The van der Waals surface area contributed by atoms with Crippen molar-refractivity contribution < 1.29 is 4.74 Å². The molecule has 0 unspecified atom stereocenters. The Balaban J connectivity index is 2.03. The third-order valence-electron chi connectivity index (χ3n) is 2.64. The summed E-state index contributed by atoms with van der Waals surface area (Å²) in [6.07, 6.45) is 0. The molecule has 2 aromatic rings. The predicted octanol–water partition coefficient (Wildman–Crippen LogP) is 4.94. The van der Waals surface area contributed by atoms with Gasteiger partial charge in [-0.1, -0.05) is 45.0 Å². The van der Waals surface area contributed by atoms with E-state index in [4.69, 9.17) is 4.74 Å². The van der Waals surface area contributed by atoms with Gasteiger partial charge in [0.2, 0.25) is 0 Å². The number of para-hydroxylation sites is 1. The van der Waals surface area contributed by atoms with Gasteiger partial charge in [0.25, 0.3) is 0 Å². The highest BCUT2D eigenvalue weighted by atomic mass is 16.5. The Morgan fingerprint density at radius 1 is 0.895 bits per heavy atom. The monoisotopic (exact) mass is 255 g/mol. The van der Waals surface area contributed by atoms with Crippen LogP contribution in [-0.4, -0.2) is 6.54 Å². The summed E-state index contributed by atoms with van der Waals surface area (Å²) in [6.45, 7) is 7.57. The summed E-state index contributed by atoms with van der Waals surface area (Å²) >= 11 is 0. The molecule has 1 N–H and O–H groups in total. The van der Waals surface area contributed by atoms with E-state index < -0.39 is 0 Å². The van der Waals surface area contributed by atoms with E-state index in [9.17, 15) is 0 Å². The maximum absolute atomic E-state index is 5.81. The largest absolute Gasteiger partial charge is 0.457 e. The maximum Gasteiger partial charge on any atom is 0.129 e. The van der Waals surface area contributed by atoms with Crippen molar-refractivity contribution >= 4 is 5.69 Å². The van der Waals surface area contributed by atoms with Crippen LogP contribution in [0.4, 0.5) is 5.69 Å². The highest BCUT2D eigenvalue weighted by Gasteiger charge is 2.09. The molecule has 0 heterocycles. The molecule has 0 aliphatic carbocycles. The second-order valence-corrected chi connectivity index (χ2v) is 5.86. The highest BCUT2D eigenvalue weighted by Crippen LogP contribution is 2.24. The topological polar surface area (TPSA) is 21.3 Å². The van der Waals surface area contributed by atoms with Crippen molar-refractivity contribution in [1.29, 1.82) is 0 Å². The van der Waals surface area contributed by atoms with E-state index in [1.165, 1.54) is 0 Å². The molecule has 19 heavy (non-hydrogen) atoms. The van der Waals surface area contributed by atoms with E-state index in [-0.39, 0.29) is 5.41 Å². The molecular weight excluding hydrogens is 234 g/mol. The lowest BCUT2D eigenvalue weighted by Crippen LogP contribution is -2.18. The molecule has 0 fully saturated rings. The normalized spacial score (nSPS) is 11.1. The molecule has 0 bridgehead atoms. The molecule has 2 heteroatoms. The van der Waals surface area contributed by atoms with Gasteiger partial charge in [0.05, 0.1) is 0 Å². The quantitative estimate of drug-likeness (QED) is 0.835. The van der Waals surface area contributed by atoms with Gasteiger partial charge in [-0.3, -0.25) is 0 Å². The van der Waals surface area contributed by atoms with Crippen LogP contribution in [0.15, 0.2) is 54.6 Å². The van der Waals surface area contributed by atoms with Crippen LogP contribution in [0.1, 0.15) is 20.8 Å². The fourth-order valence-corrected chi connectivity index (χ4v) is 1.66. The molecular formula is C17H21NO. The minimum atomic E-state index is 0.260. The molecule has 0 aliphatic rings. The zero-order valence-electron chi connectivity index (χ0n) is 11.8. The zero-order valence-corrected chi connectivity index (χ0v) is 11.8. The van der Waals surface area contributed by atoms with Gasteiger partial charge in [-0.2, -0.15) is 0 Å². The van der Waals surface area contributed by atoms with Crippen LogP contribution in [0.25, 0.3) is 0 Å². The van der Waals surface area contributed by atoms with Gasteiger partial charge in [0, 0.05) is 18.3 Å². The zero-order chi connectivity index (χ0) is 13.7. The lowest BCUT2D eigenvalue weighted by Gasteiger charge is -2.19. The molecule has 0 saturated carbocycles. The molecule has 0 saturated heterocycles. The van der Waals surface area contributed by atoms with Crippen molar-refractivity contribution in [2.24, 2.45) is 5.41 Å². The summed E-state index contributed by atoms with van der Waals surface area (Å²) in [5.41, 5.74) is 1.35. The van der Waals surface area contributed by atoms with E-state index in [2.05, 4.69) is 32.2 Å². The third-order valence-corrected chi connectivity index (χ3v) is 2.64. The third kappa shape index (κ3) is 4.66. The number of rotatable bonds is 4. The predicted molar refractivity (Wildman–Crippen MR) is 80.9 cm³/mol. The Morgan fingerprint density at radius 3 is 2.26 bits per heavy atom. The molecule has 2 nitrogen and oxygen atoms in total. The number of benzene rings is 2. The van der Waals surface area contributed by atoms with Crippen LogP contribution >= 0.6 is 0 Å². The molecule has 100 valence electrons. The van der Waals surface area contributed by atoms with Gasteiger partial charge in [0.15, 0.2) is 0 Å². The first kappa shape index (κ1) is 13.5. The summed E-state index contributed by atoms with van der Waals surface area (Å²) in [4.78, 5) is 0. The molecule has 2 rings (SSSR count). The summed E-state index contributed by atoms with van der Waals surface area (Å²) in [5.74, 6) is 1.71. The minimum absolute atomic E-state index is 0.260. The van der Waals surface area contributed by atoms with Crippen molar-refractivity contribution in [2.75, 3.05) is 11.9 Å². The van der Waals surface area contributed by atoms with Crippen LogP contribution in [0, 0.1) is 5.41 Å². The Bertz CT molecular complexity index is 514. The van der Waals surface area contributed by atoms with Crippen molar-refractivity contribution in [3.8, 4) is 11.5 Å². The summed E-state index contributed by atoms with van der Waals surface area (Å²) in [5, 5.41) is 3.43. The van der Waals surface area contributed by atoms with Crippen molar-refractivity contribution in [3.63, 3.8) is 0 Å². The average molecular weight is 255 g/mol. The van der Waals surface area contributed by atoms with E-state index in [1.54, 1.807) is 0 Å². The SMILES string of the molecule is CC(C)(C)CNc1cccc(Oc2ccccc2)c1. The Morgan fingerprint density at radius 2 is 1.58 bits per heavy atom. The van der Waals surface area contributed by atoms with Crippen LogP contribution in [-0.2, 0) is 0 Å². The standard InChI is InChI=1S/C17H21NO/c1-17(2,3)13-18-14-8-7-11-16(12-14)19-15-9-5-4-6-10-15/h4-12,18H,13H2,1-3H3. The van der Waals surface area contributed by atoms with Crippen LogP contribution in [0.3, 0.4) is 0 Å². The first-order valence-electron chi connectivity index (χ1n) is 6.60. The molecule has 0 atom stereocenters. The fraction of sp³-hybridized carbons (Fsp3) is 0.294. The lowest BCUT2D eigenvalue weighted by atomic mass is 9.97. The fourth-order valence-electron chi connectivity index (χ4n) is 1.66. The Hall–Kier alpha value is -1.96. The van der Waals surface area contributed by atoms with E-state index in [0.29, 0.717) is 0 Å². The van der Waals surface area contributed by atoms with Crippen LogP contribution in [0.2, 0.25) is 0 Å². The van der Waals surface area contributed by atoms with E-state index in [1.807, 2.05) is 48.5 Å². The first-order valence-corrected chi connectivity index (χ1v) is 6.60. The molecule has 0 aromatic heterocycles. The second kappa shape index (κ2) is 5.79. The van der Waals surface area contributed by atoms with Gasteiger partial charge < -0.3 is 10.1 Å². The van der Waals surface area contributed by atoms with Gasteiger partial charge in [-0.15, -0.1) is 0 Å². The van der Waals surface area contributed by atoms with E-state index in [0.717, 1.165) is 23.7 Å². The first-order chi connectivity index (χ1) is 9.03. The van der Waals surface area contributed by atoms with Gasteiger partial charge in [-0.05, 0) is 29.7 Å². The smallest absolute Gasteiger partial charge is 0.129 e. The molecule has 0 spiro atoms. The van der Waals surface area contributed by atoms with Gasteiger partial charge in [0.1, 0.15) is 11.5 Å².